The highest BCUT2D eigenvalue weighted by molar-refractivity contribution is 6.31. The fraction of sp³-hybridized carbons (Fsp3) is 0.435. The number of nitrogens with one attached hydrogen (secondary N) is 1. The zero-order valence-electron chi connectivity index (χ0n) is 17.7. The van der Waals surface area contributed by atoms with Crippen molar-refractivity contribution < 1.29 is 4.79 Å². The molecule has 1 saturated heterocycles. The number of amides is 2. The number of rotatable bonds is 4. The first-order valence-electron chi connectivity index (χ1n) is 10.6. The van der Waals surface area contributed by atoms with E-state index in [1.807, 2.05) is 48.4 Å². The van der Waals surface area contributed by atoms with E-state index in [1.165, 1.54) is 0 Å². The number of carbonyl (C=O) groups is 1. The van der Waals surface area contributed by atoms with Gasteiger partial charge in [-0.1, -0.05) is 31.5 Å². The molecule has 3 heterocycles. The van der Waals surface area contributed by atoms with Crippen LogP contribution in [0.5, 0.6) is 0 Å². The molecule has 1 fully saturated rings. The number of nitrogens with zero attached hydrogens (tertiary/aromatic N) is 4. The largest absolute Gasteiger partial charge is 0.324 e. The molecule has 158 valence electrons. The molecule has 0 radical (unpaired) electrons. The smallest absolute Gasteiger partial charge is 0.321 e. The van der Waals surface area contributed by atoms with Crippen LogP contribution in [-0.4, -0.2) is 38.6 Å². The van der Waals surface area contributed by atoms with Crippen LogP contribution in [0.1, 0.15) is 44.1 Å². The number of halogens is 1. The summed E-state index contributed by atoms with van der Waals surface area (Å²) in [7, 11) is 0. The van der Waals surface area contributed by atoms with Crippen molar-refractivity contribution in [2.24, 2.45) is 5.92 Å². The molecule has 0 spiro atoms. The van der Waals surface area contributed by atoms with Crippen molar-refractivity contribution in [2.75, 3.05) is 18.4 Å². The van der Waals surface area contributed by atoms with E-state index in [2.05, 4.69) is 28.7 Å². The van der Waals surface area contributed by atoms with Crippen LogP contribution < -0.4 is 5.32 Å². The number of pyridine rings is 1. The average Bonchev–Trinajstić information content (AvgIpc) is 3.08. The molecule has 0 saturated carbocycles. The van der Waals surface area contributed by atoms with Gasteiger partial charge >= 0.3 is 6.03 Å². The molecule has 1 aromatic carbocycles. The van der Waals surface area contributed by atoms with Gasteiger partial charge in [0.15, 0.2) is 5.65 Å². The summed E-state index contributed by atoms with van der Waals surface area (Å²) in [6.45, 7) is 7.73. The van der Waals surface area contributed by atoms with Gasteiger partial charge < -0.3 is 14.8 Å². The van der Waals surface area contributed by atoms with E-state index < -0.39 is 0 Å². The number of anilines is 1. The predicted molar refractivity (Wildman–Crippen MR) is 121 cm³/mol. The lowest BCUT2D eigenvalue weighted by Gasteiger charge is -2.33. The van der Waals surface area contributed by atoms with Crippen molar-refractivity contribution in [1.29, 1.82) is 0 Å². The maximum Gasteiger partial charge on any atom is 0.321 e. The zero-order valence-corrected chi connectivity index (χ0v) is 18.5. The Labute approximate surface area is 182 Å². The monoisotopic (exact) mass is 425 g/mol. The second kappa shape index (κ2) is 8.64. The maximum atomic E-state index is 12.8. The minimum absolute atomic E-state index is 0.0742. The van der Waals surface area contributed by atoms with Crippen LogP contribution in [0.25, 0.3) is 11.2 Å². The molecule has 2 amide bonds. The van der Waals surface area contributed by atoms with E-state index in [4.69, 9.17) is 16.6 Å². The maximum absolute atomic E-state index is 12.8. The Kier molecular flexibility index (Phi) is 5.95. The molecule has 1 aliphatic rings. The lowest BCUT2D eigenvalue weighted by molar-refractivity contribution is 0.183. The van der Waals surface area contributed by atoms with E-state index in [1.54, 1.807) is 0 Å². The van der Waals surface area contributed by atoms with Crippen molar-refractivity contribution in [2.45, 2.75) is 46.1 Å². The topological polar surface area (TPSA) is 63.1 Å². The molecular weight excluding hydrogens is 398 g/mol. The highest BCUT2D eigenvalue weighted by Gasteiger charge is 2.27. The van der Waals surface area contributed by atoms with Gasteiger partial charge in [-0.05, 0) is 55.5 Å². The summed E-state index contributed by atoms with van der Waals surface area (Å²) in [5, 5.41) is 3.66. The molecule has 30 heavy (non-hydrogen) atoms. The van der Waals surface area contributed by atoms with Gasteiger partial charge in [-0.2, -0.15) is 0 Å². The first kappa shape index (κ1) is 20.7. The van der Waals surface area contributed by atoms with Crippen LogP contribution >= 0.6 is 11.6 Å². The molecular formula is C23H28ClN5O. The third kappa shape index (κ3) is 4.15. The fourth-order valence-electron chi connectivity index (χ4n) is 4.13. The second-order valence-electron chi connectivity index (χ2n) is 8.40. The second-order valence-corrected chi connectivity index (χ2v) is 8.81. The third-order valence-corrected chi connectivity index (χ3v) is 6.15. The number of carbonyl (C=O) groups excluding carboxylic acids is 1. The number of urea groups is 1. The van der Waals surface area contributed by atoms with Crippen LogP contribution in [0.15, 0.2) is 36.5 Å². The van der Waals surface area contributed by atoms with Gasteiger partial charge in [0.2, 0.25) is 0 Å². The summed E-state index contributed by atoms with van der Waals surface area (Å²) < 4.78 is 2.31. The van der Waals surface area contributed by atoms with Gasteiger partial charge in [-0.3, -0.25) is 0 Å². The minimum Gasteiger partial charge on any atom is -0.324 e. The van der Waals surface area contributed by atoms with Crippen LogP contribution in [0.3, 0.4) is 0 Å². The normalized spacial score (nSPS) is 15.2. The Balaban J connectivity index is 1.48. The van der Waals surface area contributed by atoms with Crippen LogP contribution in [0.4, 0.5) is 10.5 Å². The first-order valence-corrected chi connectivity index (χ1v) is 10.9. The van der Waals surface area contributed by atoms with Gasteiger partial charge in [0.1, 0.15) is 11.3 Å². The molecule has 0 unspecified atom stereocenters. The summed E-state index contributed by atoms with van der Waals surface area (Å²) in [6.07, 6.45) is 4.52. The number of likely N-dealkylation sites (tertiary alicyclic amines) is 1. The van der Waals surface area contributed by atoms with Gasteiger partial charge in [0, 0.05) is 42.5 Å². The first-order chi connectivity index (χ1) is 14.4. The van der Waals surface area contributed by atoms with Gasteiger partial charge in [0.25, 0.3) is 0 Å². The van der Waals surface area contributed by atoms with Gasteiger partial charge in [-0.15, -0.1) is 0 Å². The summed E-state index contributed by atoms with van der Waals surface area (Å²) in [5.41, 5.74) is 3.55. The summed E-state index contributed by atoms with van der Waals surface area (Å²) in [4.78, 5) is 24.1. The molecule has 0 bridgehead atoms. The standard InChI is InChI=1S/C23H28ClN5O/c1-15(2)14-21-26-20-8-5-11-25-22(20)29(21)17-9-12-28(13-10-17)23(30)27-19-7-4-6-18(24)16(19)3/h4-8,11,15,17H,9-10,12-14H2,1-3H3,(H,27,30). The van der Waals surface area contributed by atoms with Crippen molar-refractivity contribution in [3.8, 4) is 0 Å². The molecule has 1 aliphatic heterocycles. The quantitative estimate of drug-likeness (QED) is 0.603. The highest BCUT2D eigenvalue weighted by Crippen LogP contribution is 2.30. The van der Waals surface area contributed by atoms with E-state index in [9.17, 15) is 4.79 Å². The van der Waals surface area contributed by atoms with Gasteiger partial charge in [0.05, 0.1) is 0 Å². The molecule has 0 aliphatic carbocycles. The molecule has 4 rings (SSSR count). The molecule has 1 N–H and O–H groups in total. The van der Waals surface area contributed by atoms with Crippen molar-refractivity contribution >= 4 is 34.5 Å². The molecule has 2 aromatic heterocycles. The Morgan fingerprint density at radius 3 is 2.73 bits per heavy atom. The lowest BCUT2D eigenvalue weighted by Crippen LogP contribution is -2.41. The summed E-state index contributed by atoms with van der Waals surface area (Å²) >= 11 is 6.18. The Bertz CT molecular complexity index is 1050. The van der Waals surface area contributed by atoms with E-state index in [0.29, 0.717) is 30.1 Å². The average molecular weight is 426 g/mol. The van der Waals surface area contributed by atoms with Crippen LogP contribution in [-0.2, 0) is 6.42 Å². The molecule has 3 aromatic rings. The number of aromatic nitrogens is 3. The van der Waals surface area contributed by atoms with Crippen molar-refractivity contribution in [1.82, 2.24) is 19.4 Å². The SMILES string of the molecule is Cc1c(Cl)cccc1NC(=O)N1CCC(n2c(CC(C)C)nc3cccnc32)CC1. The van der Waals surface area contributed by atoms with Crippen molar-refractivity contribution in [3.05, 3.63) is 52.9 Å². The number of fused-ring (bicyclic) bond motifs is 1. The number of hydrogen-bond donors (Lipinski definition) is 1. The number of benzene rings is 1. The van der Waals surface area contributed by atoms with Gasteiger partial charge in [-0.25, -0.2) is 14.8 Å². The summed E-state index contributed by atoms with van der Waals surface area (Å²) in [6, 6.07) is 9.75. The van der Waals surface area contributed by atoms with E-state index in [0.717, 1.165) is 47.5 Å². The Hall–Kier alpha value is -2.60. The van der Waals surface area contributed by atoms with Crippen LogP contribution in [0.2, 0.25) is 5.02 Å². The minimum atomic E-state index is -0.0742. The summed E-state index contributed by atoms with van der Waals surface area (Å²) in [5.74, 6) is 1.61. The molecule has 6 nitrogen and oxygen atoms in total. The fourth-order valence-corrected chi connectivity index (χ4v) is 4.31. The number of imidazole rings is 1. The van der Waals surface area contributed by atoms with E-state index >= 15 is 0 Å². The lowest BCUT2D eigenvalue weighted by atomic mass is 10.0. The zero-order chi connectivity index (χ0) is 21.3. The highest BCUT2D eigenvalue weighted by atomic mass is 35.5. The molecule has 0 atom stereocenters. The predicted octanol–water partition coefficient (Wildman–Crippen LogP) is 5.46. The van der Waals surface area contributed by atoms with E-state index in [-0.39, 0.29) is 6.03 Å². The third-order valence-electron chi connectivity index (χ3n) is 5.74. The molecule has 7 heteroatoms. The van der Waals surface area contributed by atoms with Crippen molar-refractivity contribution in [3.63, 3.8) is 0 Å². The number of piperidine rings is 1. The number of hydrogen-bond acceptors (Lipinski definition) is 3. The Morgan fingerprint density at radius 2 is 2.00 bits per heavy atom. The Morgan fingerprint density at radius 1 is 1.23 bits per heavy atom. The van der Waals surface area contributed by atoms with Crippen LogP contribution in [0, 0.1) is 12.8 Å².